The van der Waals surface area contributed by atoms with Gasteiger partial charge in [0, 0.05) is 42.5 Å². The molecule has 53 heavy (non-hydrogen) atoms. The second kappa shape index (κ2) is 12.2. The van der Waals surface area contributed by atoms with Crippen LogP contribution < -0.4 is 4.90 Å². The molecule has 0 bridgehead atoms. The first-order valence-electron chi connectivity index (χ1n) is 18.4. The second-order valence-corrected chi connectivity index (χ2v) is 15.3. The predicted octanol–water partition coefficient (Wildman–Crippen LogP) is 15.7. The lowest BCUT2D eigenvalue weighted by atomic mass is 9.92. The summed E-state index contributed by atoms with van der Waals surface area (Å²) in [7, 11) is 0. The molecule has 254 valence electrons. The van der Waals surface area contributed by atoms with Gasteiger partial charge >= 0.3 is 0 Å². The molecule has 0 radical (unpaired) electrons. The number of nitrogens with zero attached hydrogens (tertiary/aromatic N) is 1. The third-order valence-electron chi connectivity index (χ3n) is 10.9. The summed E-state index contributed by atoms with van der Waals surface area (Å²) >= 11 is 1.89. The molecule has 2 nitrogen and oxygen atoms in total. The molecule has 0 saturated carbocycles. The molecule has 0 saturated heterocycles. The Morgan fingerprint density at radius 2 is 1.28 bits per heavy atom. The predicted molar refractivity (Wildman–Crippen MR) is 233 cm³/mol. The maximum atomic E-state index is 6.66. The molecule has 0 unspecified atom stereocenters. The summed E-state index contributed by atoms with van der Waals surface area (Å²) in [4.78, 5) is 2.35. The fourth-order valence-electron chi connectivity index (χ4n) is 8.36. The van der Waals surface area contributed by atoms with Crippen molar-refractivity contribution in [2.75, 3.05) is 4.90 Å². The Morgan fingerprint density at radius 3 is 2.04 bits per heavy atom. The SMILES string of the molecule is C=Cc1c(/C=C\C)oc2c(N(c3ccc(C(C)C)cc3)c3ccc4c(c3)c3ccccc3c3cc5c(cc43)sc3ccc4ccccc4c35)cccc12. The lowest BCUT2D eigenvalue weighted by Gasteiger charge is -2.26. The minimum absolute atomic E-state index is 0.441. The highest BCUT2D eigenvalue weighted by molar-refractivity contribution is 7.26. The monoisotopic (exact) mass is 699 g/mol. The van der Waals surface area contributed by atoms with E-state index in [2.05, 4.69) is 159 Å². The van der Waals surface area contributed by atoms with Crippen LogP contribution in [0.2, 0.25) is 0 Å². The van der Waals surface area contributed by atoms with Crippen LogP contribution in [0.15, 0.2) is 151 Å². The number of benzene rings is 8. The van der Waals surface area contributed by atoms with Gasteiger partial charge in [0.25, 0.3) is 0 Å². The van der Waals surface area contributed by atoms with Gasteiger partial charge in [0.15, 0.2) is 5.58 Å². The number of rotatable bonds is 6. The van der Waals surface area contributed by atoms with Crippen LogP contribution in [0.3, 0.4) is 0 Å². The number of fused-ring (bicyclic) bond motifs is 12. The van der Waals surface area contributed by atoms with Gasteiger partial charge in [-0.25, -0.2) is 0 Å². The lowest BCUT2D eigenvalue weighted by molar-refractivity contribution is 0.603. The van der Waals surface area contributed by atoms with Crippen molar-refractivity contribution in [2.24, 2.45) is 0 Å². The quantitative estimate of drug-likeness (QED) is 0.161. The Bertz CT molecular complexity index is 3120. The summed E-state index contributed by atoms with van der Waals surface area (Å²) in [6.07, 6.45) is 5.93. The third-order valence-corrected chi connectivity index (χ3v) is 12.0. The first kappa shape index (κ1) is 31.6. The smallest absolute Gasteiger partial charge is 0.159 e. The van der Waals surface area contributed by atoms with E-state index in [0.29, 0.717) is 5.92 Å². The zero-order valence-corrected chi connectivity index (χ0v) is 30.8. The number of hydrogen-bond donors (Lipinski definition) is 0. The molecule has 0 aliphatic carbocycles. The summed E-state index contributed by atoms with van der Waals surface area (Å²) in [6, 6.07) is 49.5. The maximum Gasteiger partial charge on any atom is 0.159 e. The van der Waals surface area contributed by atoms with Crippen molar-refractivity contribution in [3.8, 4) is 0 Å². The van der Waals surface area contributed by atoms with Crippen LogP contribution in [0.5, 0.6) is 0 Å². The molecule has 8 aromatic carbocycles. The molecule has 2 aromatic heterocycles. The molecule has 0 amide bonds. The summed E-state index contributed by atoms with van der Waals surface area (Å²) in [5.41, 5.74) is 6.30. The molecule has 0 spiro atoms. The fourth-order valence-corrected chi connectivity index (χ4v) is 9.50. The minimum Gasteiger partial charge on any atom is -0.454 e. The Balaban J connectivity index is 1.26. The molecule has 0 aliphatic rings. The van der Waals surface area contributed by atoms with E-state index in [1.165, 1.54) is 68.8 Å². The summed E-state index contributed by atoms with van der Waals surface area (Å²) < 4.78 is 9.30. The van der Waals surface area contributed by atoms with Crippen molar-refractivity contribution < 1.29 is 4.42 Å². The number of hydrogen-bond acceptors (Lipinski definition) is 3. The van der Waals surface area contributed by atoms with Gasteiger partial charge in [-0.15, -0.1) is 11.3 Å². The number of thiophene rings is 1. The number of anilines is 3. The van der Waals surface area contributed by atoms with E-state index in [9.17, 15) is 0 Å². The van der Waals surface area contributed by atoms with Gasteiger partial charge in [0.2, 0.25) is 0 Å². The van der Waals surface area contributed by atoms with Gasteiger partial charge in [-0.1, -0.05) is 118 Å². The Kier molecular flexibility index (Phi) is 7.28. The van der Waals surface area contributed by atoms with E-state index in [0.717, 1.165) is 39.4 Å². The zero-order valence-electron chi connectivity index (χ0n) is 30.0. The highest BCUT2D eigenvalue weighted by Gasteiger charge is 2.22. The lowest BCUT2D eigenvalue weighted by Crippen LogP contribution is -2.10. The van der Waals surface area contributed by atoms with Crippen LogP contribution in [-0.2, 0) is 0 Å². The molecule has 0 atom stereocenters. The van der Waals surface area contributed by atoms with E-state index < -0.39 is 0 Å². The Labute approximate surface area is 312 Å². The van der Waals surface area contributed by atoms with Gasteiger partial charge in [-0.3, -0.25) is 0 Å². The van der Waals surface area contributed by atoms with Crippen LogP contribution in [0.4, 0.5) is 17.1 Å². The average molecular weight is 700 g/mol. The third kappa shape index (κ3) is 4.85. The first-order valence-corrected chi connectivity index (χ1v) is 19.2. The molecule has 0 aliphatic heterocycles. The van der Waals surface area contributed by atoms with Gasteiger partial charge in [0.1, 0.15) is 5.76 Å². The van der Waals surface area contributed by atoms with Gasteiger partial charge in [0.05, 0.1) is 5.69 Å². The molecule has 10 rings (SSSR count). The largest absolute Gasteiger partial charge is 0.454 e. The number of furan rings is 1. The maximum absolute atomic E-state index is 6.66. The van der Waals surface area contributed by atoms with Crippen LogP contribution in [0.25, 0.3) is 86.4 Å². The van der Waals surface area contributed by atoms with Gasteiger partial charge in [-0.05, 0) is 116 Å². The highest BCUT2D eigenvalue weighted by atomic mass is 32.1. The van der Waals surface area contributed by atoms with Crippen molar-refractivity contribution in [3.63, 3.8) is 0 Å². The molecule has 0 N–H and O–H groups in total. The minimum atomic E-state index is 0.441. The first-order chi connectivity index (χ1) is 26.0. The fraction of sp³-hybridized carbons (Fsp3) is 0.0800. The molecule has 2 heterocycles. The Hall–Kier alpha value is -6.16. The molecule has 0 fully saturated rings. The summed E-state index contributed by atoms with van der Waals surface area (Å²) in [5.74, 6) is 1.26. The molecule has 3 heteroatoms. The second-order valence-electron chi connectivity index (χ2n) is 14.3. The van der Waals surface area contributed by atoms with E-state index >= 15 is 0 Å². The van der Waals surface area contributed by atoms with E-state index in [1.54, 1.807) is 0 Å². The van der Waals surface area contributed by atoms with Gasteiger partial charge < -0.3 is 9.32 Å². The Morgan fingerprint density at radius 1 is 0.604 bits per heavy atom. The normalized spacial score (nSPS) is 12.2. The van der Waals surface area contributed by atoms with Crippen LogP contribution in [-0.4, -0.2) is 0 Å². The van der Waals surface area contributed by atoms with Crippen LogP contribution in [0.1, 0.15) is 43.6 Å². The van der Waals surface area contributed by atoms with Crippen molar-refractivity contribution in [1.29, 1.82) is 0 Å². The van der Waals surface area contributed by atoms with Crippen LogP contribution in [0, 0.1) is 0 Å². The number of para-hydroxylation sites is 1. The zero-order chi connectivity index (χ0) is 35.8. The van der Waals surface area contributed by atoms with Gasteiger partial charge in [-0.2, -0.15) is 0 Å². The van der Waals surface area contributed by atoms with E-state index in [4.69, 9.17) is 4.42 Å². The molecular formula is C50H37NOS. The summed E-state index contributed by atoms with van der Waals surface area (Å²) in [5, 5.41) is 13.9. The summed E-state index contributed by atoms with van der Waals surface area (Å²) in [6.45, 7) is 10.6. The van der Waals surface area contributed by atoms with Crippen molar-refractivity contribution in [1.82, 2.24) is 0 Å². The molecular weight excluding hydrogens is 663 g/mol. The number of allylic oxidation sites excluding steroid dienone is 1. The van der Waals surface area contributed by atoms with E-state index in [1.807, 2.05) is 36.5 Å². The van der Waals surface area contributed by atoms with Crippen LogP contribution >= 0.6 is 11.3 Å². The van der Waals surface area contributed by atoms with Crippen molar-refractivity contribution in [2.45, 2.75) is 26.7 Å². The van der Waals surface area contributed by atoms with Crippen molar-refractivity contribution in [3.05, 3.63) is 163 Å². The van der Waals surface area contributed by atoms with Crippen molar-refractivity contribution >= 4 is 115 Å². The highest BCUT2D eigenvalue weighted by Crippen LogP contribution is 2.47. The average Bonchev–Trinajstić information content (AvgIpc) is 3.75. The standard InChI is InChI=1S/C50H37NOS/c1-5-12-46-35(6-2)40-17-11-18-45(50(40)52-46)51(33-22-19-31(20-23-33)30(3)4)34-24-25-39-41(27-34)37-15-9-10-16-38(37)42-28-44-48(29-43(39)42)53-47-26-21-32-13-7-8-14-36(32)49(44)47/h5-30H,2H2,1,3-4H3/b12-5-. The molecule has 10 aromatic rings. The van der Waals surface area contributed by atoms with E-state index in [-0.39, 0.29) is 0 Å². The topological polar surface area (TPSA) is 16.4 Å².